The Morgan fingerprint density at radius 3 is 2.89 bits per heavy atom. The Kier molecular flexibility index (Phi) is 3.53. The number of hydrogen-bond acceptors (Lipinski definition) is 3. The van der Waals surface area contributed by atoms with Gasteiger partial charge in [-0.2, -0.15) is 0 Å². The van der Waals surface area contributed by atoms with Crippen LogP contribution in [0.2, 0.25) is 0 Å². The van der Waals surface area contributed by atoms with E-state index in [-0.39, 0.29) is 13.0 Å². The molecule has 1 saturated heterocycles. The molecule has 2 unspecified atom stereocenters. The number of amides is 2. The van der Waals surface area contributed by atoms with Crippen molar-refractivity contribution in [3.05, 3.63) is 35.6 Å². The fourth-order valence-electron chi connectivity index (χ4n) is 2.01. The van der Waals surface area contributed by atoms with E-state index in [2.05, 4.69) is 10.6 Å². The lowest BCUT2D eigenvalue weighted by atomic mass is 10.00. The molecule has 1 fully saturated rings. The van der Waals surface area contributed by atoms with E-state index < -0.39 is 29.3 Å². The highest BCUT2D eigenvalue weighted by molar-refractivity contribution is 6.09. The molecule has 102 valence electrons. The van der Waals surface area contributed by atoms with Gasteiger partial charge in [-0.15, -0.1) is 0 Å². The fourth-order valence-corrected chi connectivity index (χ4v) is 2.01. The van der Waals surface area contributed by atoms with Gasteiger partial charge in [-0.3, -0.25) is 9.59 Å². The van der Waals surface area contributed by atoms with Crippen LogP contribution in [0.1, 0.15) is 24.9 Å². The van der Waals surface area contributed by atoms with Gasteiger partial charge in [0.25, 0.3) is 11.8 Å². The molecule has 1 heterocycles. The van der Waals surface area contributed by atoms with Gasteiger partial charge in [0, 0.05) is 13.0 Å². The molecule has 0 aromatic heterocycles. The van der Waals surface area contributed by atoms with Crippen molar-refractivity contribution >= 4 is 11.8 Å². The van der Waals surface area contributed by atoms with Gasteiger partial charge in [0.05, 0.1) is 6.04 Å². The van der Waals surface area contributed by atoms with Crippen LogP contribution in [0.25, 0.3) is 0 Å². The summed E-state index contributed by atoms with van der Waals surface area (Å²) in [6, 6.07) is 5.29. The van der Waals surface area contributed by atoms with E-state index in [1.54, 1.807) is 13.0 Å². The Bertz CT molecular complexity index is 520. The third kappa shape index (κ3) is 2.58. The standard InChI is InChI=1S/C13H15FN2O3/c1-8(9-3-2-4-10(14)7-9)16-12(18)13(19)5-6-15-11(13)17/h2-4,7-8,19H,5-6H2,1H3,(H,15,17)(H,16,18). The summed E-state index contributed by atoms with van der Waals surface area (Å²) >= 11 is 0. The van der Waals surface area contributed by atoms with Gasteiger partial charge in [0.2, 0.25) is 5.60 Å². The molecule has 0 aliphatic carbocycles. The summed E-state index contributed by atoms with van der Waals surface area (Å²) in [4.78, 5) is 23.4. The van der Waals surface area contributed by atoms with E-state index in [1.807, 2.05) is 0 Å². The zero-order chi connectivity index (χ0) is 14.0. The number of benzene rings is 1. The maximum Gasteiger partial charge on any atom is 0.262 e. The Morgan fingerprint density at radius 1 is 1.58 bits per heavy atom. The van der Waals surface area contributed by atoms with Crippen LogP contribution in [0.15, 0.2) is 24.3 Å². The summed E-state index contributed by atoms with van der Waals surface area (Å²) < 4.78 is 13.1. The van der Waals surface area contributed by atoms with E-state index in [4.69, 9.17) is 0 Å². The summed E-state index contributed by atoms with van der Waals surface area (Å²) in [5.41, 5.74) is -1.46. The number of halogens is 1. The quantitative estimate of drug-likeness (QED) is 0.686. The molecular formula is C13H15FN2O3. The second-order valence-electron chi connectivity index (χ2n) is 4.62. The molecule has 5 nitrogen and oxygen atoms in total. The monoisotopic (exact) mass is 266 g/mol. The highest BCUT2D eigenvalue weighted by Crippen LogP contribution is 2.19. The van der Waals surface area contributed by atoms with E-state index in [0.717, 1.165) is 0 Å². The number of nitrogens with one attached hydrogen (secondary N) is 2. The molecule has 1 aliphatic rings. The van der Waals surface area contributed by atoms with Gasteiger partial charge >= 0.3 is 0 Å². The molecule has 3 N–H and O–H groups in total. The molecule has 2 amide bonds. The lowest BCUT2D eigenvalue weighted by molar-refractivity contribution is -0.150. The first kappa shape index (κ1) is 13.5. The van der Waals surface area contributed by atoms with Gasteiger partial charge in [0.15, 0.2) is 0 Å². The van der Waals surface area contributed by atoms with Crippen molar-refractivity contribution in [2.75, 3.05) is 6.54 Å². The summed E-state index contributed by atoms with van der Waals surface area (Å²) in [5.74, 6) is -1.87. The molecular weight excluding hydrogens is 251 g/mol. The Labute approximate surface area is 109 Å². The van der Waals surface area contributed by atoms with Crippen molar-refractivity contribution < 1.29 is 19.1 Å². The predicted molar refractivity (Wildman–Crippen MR) is 65.5 cm³/mol. The van der Waals surface area contributed by atoms with Crippen molar-refractivity contribution in [1.29, 1.82) is 0 Å². The van der Waals surface area contributed by atoms with Gasteiger partial charge < -0.3 is 15.7 Å². The number of aliphatic hydroxyl groups is 1. The fraction of sp³-hybridized carbons (Fsp3) is 0.385. The van der Waals surface area contributed by atoms with Crippen molar-refractivity contribution in [2.24, 2.45) is 0 Å². The van der Waals surface area contributed by atoms with Gasteiger partial charge in [-0.05, 0) is 24.6 Å². The number of hydrogen-bond donors (Lipinski definition) is 3. The molecule has 0 radical (unpaired) electrons. The highest BCUT2D eigenvalue weighted by Gasteiger charge is 2.47. The maximum absolute atomic E-state index is 13.1. The Balaban J connectivity index is 2.09. The minimum atomic E-state index is -2.03. The third-order valence-electron chi connectivity index (χ3n) is 3.22. The molecule has 0 saturated carbocycles. The van der Waals surface area contributed by atoms with Crippen LogP contribution >= 0.6 is 0 Å². The van der Waals surface area contributed by atoms with Crippen LogP contribution in [-0.2, 0) is 9.59 Å². The highest BCUT2D eigenvalue weighted by atomic mass is 19.1. The van der Waals surface area contributed by atoms with Crippen molar-refractivity contribution in [3.63, 3.8) is 0 Å². The number of rotatable bonds is 3. The molecule has 0 spiro atoms. The SMILES string of the molecule is CC(NC(=O)C1(O)CCNC1=O)c1cccc(F)c1. The zero-order valence-electron chi connectivity index (χ0n) is 10.4. The predicted octanol–water partition coefficient (Wildman–Crippen LogP) is 0.254. The smallest absolute Gasteiger partial charge is 0.262 e. The van der Waals surface area contributed by atoms with E-state index in [0.29, 0.717) is 5.56 Å². The first-order valence-electron chi connectivity index (χ1n) is 6.00. The largest absolute Gasteiger partial charge is 0.372 e. The normalized spacial score (nSPS) is 23.8. The second-order valence-corrected chi connectivity index (χ2v) is 4.62. The van der Waals surface area contributed by atoms with Gasteiger partial charge in [-0.1, -0.05) is 12.1 Å². The summed E-state index contributed by atoms with van der Waals surface area (Å²) in [5, 5.41) is 14.9. The lowest BCUT2D eigenvalue weighted by Crippen LogP contribution is -2.52. The number of carbonyl (C=O) groups excluding carboxylic acids is 2. The second kappa shape index (κ2) is 4.97. The topological polar surface area (TPSA) is 78.4 Å². The van der Waals surface area contributed by atoms with Crippen LogP contribution in [0.5, 0.6) is 0 Å². The van der Waals surface area contributed by atoms with Gasteiger partial charge in [0.1, 0.15) is 5.82 Å². The summed E-state index contributed by atoms with van der Waals surface area (Å²) in [6.07, 6.45) is 0.0353. The molecule has 1 aliphatic heterocycles. The zero-order valence-corrected chi connectivity index (χ0v) is 10.4. The molecule has 19 heavy (non-hydrogen) atoms. The number of carbonyl (C=O) groups is 2. The first-order chi connectivity index (χ1) is 8.93. The van der Waals surface area contributed by atoms with Crippen molar-refractivity contribution in [3.8, 4) is 0 Å². The summed E-state index contributed by atoms with van der Waals surface area (Å²) in [7, 11) is 0. The maximum atomic E-state index is 13.1. The van der Waals surface area contributed by atoms with Crippen LogP contribution in [-0.4, -0.2) is 29.1 Å². The molecule has 1 aromatic rings. The van der Waals surface area contributed by atoms with Crippen LogP contribution < -0.4 is 10.6 Å². The minimum absolute atomic E-state index is 0.0353. The molecule has 2 atom stereocenters. The molecule has 2 rings (SSSR count). The molecule has 1 aromatic carbocycles. The van der Waals surface area contributed by atoms with E-state index >= 15 is 0 Å². The van der Waals surface area contributed by atoms with Gasteiger partial charge in [-0.25, -0.2) is 4.39 Å². The minimum Gasteiger partial charge on any atom is -0.372 e. The van der Waals surface area contributed by atoms with E-state index in [1.165, 1.54) is 18.2 Å². The average Bonchev–Trinajstić information content (AvgIpc) is 2.71. The van der Waals surface area contributed by atoms with Crippen molar-refractivity contribution in [2.45, 2.75) is 25.0 Å². The van der Waals surface area contributed by atoms with E-state index in [9.17, 15) is 19.1 Å². The Hall–Kier alpha value is -1.95. The molecule has 0 bridgehead atoms. The van der Waals surface area contributed by atoms with Crippen LogP contribution in [0.4, 0.5) is 4.39 Å². The Morgan fingerprint density at radius 2 is 2.32 bits per heavy atom. The summed E-state index contributed by atoms with van der Waals surface area (Å²) in [6.45, 7) is 1.92. The van der Waals surface area contributed by atoms with Crippen LogP contribution in [0.3, 0.4) is 0 Å². The molecule has 6 heteroatoms. The lowest BCUT2D eigenvalue weighted by Gasteiger charge is -2.22. The van der Waals surface area contributed by atoms with Crippen molar-refractivity contribution in [1.82, 2.24) is 10.6 Å². The average molecular weight is 266 g/mol. The van der Waals surface area contributed by atoms with Crippen LogP contribution in [0, 0.1) is 5.82 Å². The third-order valence-corrected chi connectivity index (χ3v) is 3.22. The first-order valence-corrected chi connectivity index (χ1v) is 6.00.